The second-order valence-corrected chi connectivity index (χ2v) is 6.50. The standard InChI is InChI=1S/C24H20N2O/c27-24(26-23-15-7-14-22-20(23)13-8-16-25-22)17-21(18-9-3-1-4-10-18)19-11-5-2-6-12-19/h1-16,21H,17H2,(H,26,27). The third kappa shape index (κ3) is 3.87. The third-order valence-corrected chi connectivity index (χ3v) is 4.71. The molecule has 3 aromatic carbocycles. The highest BCUT2D eigenvalue weighted by Crippen LogP contribution is 2.29. The van der Waals surface area contributed by atoms with Crippen molar-refractivity contribution in [1.82, 2.24) is 4.98 Å². The highest BCUT2D eigenvalue weighted by molar-refractivity contribution is 6.01. The van der Waals surface area contributed by atoms with Crippen molar-refractivity contribution in [3.63, 3.8) is 0 Å². The first-order chi connectivity index (χ1) is 13.3. The highest BCUT2D eigenvalue weighted by atomic mass is 16.1. The lowest BCUT2D eigenvalue weighted by Gasteiger charge is -2.18. The smallest absolute Gasteiger partial charge is 0.225 e. The zero-order chi connectivity index (χ0) is 18.5. The number of amides is 1. The number of aromatic nitrogens is 1. The van der Waals surface area contributed by atoms with Gasteiger partial charge in [0.15, 0.2) is 0 Å². The van der Waals surface area contributed by atoms with Crippen LogP contribution in [0.25, 0.3) is 10.9 Å². The maximum atomic E-state index is 12.9. The summed E-state index contributed by atoms with van der Waals surface area (Å²) < 4.78 is 0. The quantitative estimate of drug-likeness (QED) is 0.523. The average molecular weight is 352 g/mol. The van der Waals surface area contributed by atoms with Gasteiger partial charge < -0.3 is 5.32 Å². The summed E-state index contributed by atoms with van der Waals surface area (Å²) >= 11 is 0. The van der Waals surface area contributed by atoms with Crippen LogP contribution < -0.4 is 5.32 Å². The minimum absolute atomic E-state index is 0.0101. The minimum Gasteiger partial charge on any atom is -0.325 e. The van der Waals surface area contributed by atoms with E-state index in [1.54, 1.807) is 6.20 Å². The highest BCUT2D eigenvalue weighted by Gasteiger charge is 2.18. The number of benzene rings is 3. The van der Waals surface area contributed by atoms with E-state index >= 15 is 0 Å². The van der Waals surface area contributed by atoms with Gasteiger partial charge in [0.2, 0.25) is 5.91 Å². The largest absolute Gasteiger partial charge is 0.325 e. The number of rotatable bonds is 5. The monoisotopic (exact) mass is 352 g/mol. The SMILES string of the molecule is O=C(CC(c1ccccc1)c1ccccc1)Nc1cccc2ncccc12. The Labute approximate surface area is 158 Å². The van der Waals surface area contributed by atoms with Gasteiger partial charge in [-0.3, -0.25) is 9.78 Å². The average Bonchev–Trinajstić information content (AvgIpc) is 2.73. The number of hydrogen-bond acceptors (Lipinski definition) is 2. The maximum Gasteiger partial charge on any atom is 0.225 e. The molecule has 0 saturated carbocycles. The molecule has 0 saturated heterocycles. The Morgan fingerprint density at radius 2 is 1.44 bits per heavy atom. The predicted octanol–water partition coefficient (Wildman–Crippen LogP) is 5.40. The minimum atomic E-state index is -0.0101. The van der Waals surface area contributed by atoms with Crippen LogP contribution in [0.2, 0.25) is 0 Å². The number of hydrogen-bond donors (Lipinski definition) is 1. The van der Waals surface area contributed by atoms with Crippen LogP contribution in [0.3, 0.4) is 0 Å². The summed E-state index contributed by atoms with van der Waals surface area (Å²) in [5, 5.41) is 4.02. The van der Waals surface area contributed by atoms with E-state index in [9.17, 15) is 4.79 Å². The summed E-state index contributed by atoms with van der Waals surface area (Å²) in [6.07, 6.45) is 2.14. The lowest BCUT2D eigenvalue weighted by atomic mass is 9.88. The fourth-order valence-corrected chi connectivity index (χ4v) is 3.40. The van der Waals surface area contributed by atoms with E-state index in [2.05, 4.69) is 34.6 Å². The summed E-state index contributed by atoms with van der Waals surface area (Å²) in [6, 6.07) is 30.0. The molecule has 0 unspecified atom stereocenters. The van der Waals surface area contributed by atoms with Crippen molar-refractivity contribution in [2.45, 2.75) is 12.3 Å². The molecule has 3 nitrogen and oxygen atoms in total. The molecular weight excluding hydrogens is 332 g/mol. The number of carbonyl (C=O) groups is 1. The number of carbonyl (C=O) groups excluding carboxylic acids is 1. The summed E-state index contributed by atoms with van der Waals surface area (Å²) in [7, 11) is 0. The molecule has 27 heavy (non-hydrogen) atoms. The van der Waals surface area contributed by atoms with Gasteiger partial charge in [0.25, 0.3) is 0 Å². The van der Waals surface area contributed by atoms with E-state index < -0.39 is 0 Å². The van der Waals surface area contributed by atoms with E-state index in [4.69, 9.17) is 0 Å². The molecule has 0 aliphatic rings. The normalized spacial score (nSPS) is 10.9. The van der Waals surface area contributed by atoms with Crippen molar-refractivity contribution >= 4 is 22.5 Å². The van der Waals surface area contributed by atoms with Crippen LogP contribution in [-0.4, -0.2) is 10.9 Å². The molecule has 0 aliphatic carbocycles. The summed E-state index contributed by atoms with van der Waals surface area (Å²) in [5.41, 5.74) is 3.94. The zero-order valence-electron chi connectivity index (χ0n) is 14.9. The molecule has 0 aliphatic heterocycles. The molecule has 0 fully saturated rings. The summed E-state index contributed by atoms with van der Waals surface area (Å²) in [4.78, 5) is 17.2. The topological polar surface area (TPSA) is 42.0 Å². The van der Waals surface area contributed by atoms with Crippen molar-refractivity contribution in [1.29, 1.82) is 0 Å². The molecule has 4 rings (SSSR count). The van der Waals surface area contributed by atoms with Gasteiger partial charge in [-0.05, 0) is 35.4 Å². The van der Waals surface area contributed by atoms with Gasteiger partial charge >= 0.3 is 0 Å². The van der Waals surface area contributed by atoms with E-state index in [-0.39, 0.29) is 11.8 Å². The fraction of sp³-hybridized carbons (Fsp3) is 0.0833. The Bertz CT molecular complexity index is 1000. The number of anilines is 1. The molecule has 0 spiro atoms. The van der Waals surface area contributed by atoms with Crippen LogP contribution in [0.15, 0.2) is 97.2 Å². The van der Waals surface area contributed by atoms with Crippen molar-refractivity contribution in [3.05, 3.63) is 108 Å². The molecule has 3 heteroatoms. The third-order valence-electron chi connectivity index (χ3n) is 4.71. The molecular formula is C24H20N2O. The van der Waals surface area contributed by atoms with Gasteiger partial charge in [0.1, 0.15) is 0 Å². The fourth-order valence-electron chi connectivity index (χ4n) is 3.40. The number of nitrogens with zero attached hydrogens (tertiary/aromatic N) is 1. The lowest BCUT2D eigenvalue weighted by Crippen LogP contribution is -2.16. The Kier molecular flexibility index (Phi) is 4.93. The second kappa shape index (κ2) is 7.83. The molecule has 1 amide bonds. The van der Waals surface area contributed by atoms with E-state index in [0.29, 0.717) is 6.42 Å². The van der Waals surface area contributed by atoms with Crippen molar-refractivity contribution < 1.29 is 4.79 Å². The van der Waals surface area contributed by atoms with Crippen LogP contribution in [0.5, 0.6) is 0 Å². The predicted molar refractivity (Wildman–Crippen MR) is 110 cm³/mol. The van der Waals surface area contributed by atoms with Crippen molar-refractivity contribution in [3.8, 4) is 0 Å². The summed E-state index contributed by atoms with van der Waals surface area (Å²) in [5.74, 6) is 0.00422. The van der Waals surface area contributed by atoms with Gasteiger partial charge in [-0.25, -0.2) is 0 Å². The van der Waals surface area contributed by atoms with Crippen LogP contribution >= 0.6 is 0 Å². The summed E-state index contributed by atoms with van der Waals surface area (Å²) in [6.45, 7) is 0. The first kappa shape index (κ1) is 17.0. The molecule has 1 heterocycles. The number of pyridine rings is 1. The van der Waals surface area contributed by atoms with Crippen molar-refractivity contribution in [2.75, 3.05) is 5.32 Å². The Morgan fingerprint density at radius 1 is 0.778 bits per heavy atom. The van der Waals surface area contributed by atoms with E-state index in [0.717, 1.165) is 27.7 Å². The first-order valence-corrected chi connectivity index (χ1v) is 9.05. The molecule has 0 atom stereocenters. The Morgan fingerprint density at radius 3 is 2.11 bits per heavy atom. The van der Waals surface area contributed by atoms with Gasteiger partial charge in [-0.2, -0.15) is 0 Å². The molecule has 132 valence electrons. The Hall–Kier alpha value is -3.46. The molecule has 0 radical (unpaired) electrons. The van der Waals surface area contributed by atoms with Crippen LogP contribution in [0, 0.1) is 0 Å². The Balaban J connectivity index is 1.60. The first-order valence-electron chi connectivity index (χ1n) is 9.05. The van der Waals surface area contributed by atoms with Gasteiger partial charge in [-0.15, -0.1) is 0 Å². The number of nitrogens with one attached hydrogen (secondary N) is 1. The van der Waals surface area contributed by atoms with E-state index in [1.807, 2.05) is 66.7 Å². The van der Waals surface area contributed by atoms with Crippen LogP contribution in [0.4, 0.5) is 5.69 Å². The molecule has 0 bridgehead atoms. The van der Waals surface area contributed by atoms with Gasteiger partial charge in [0, 0.05) is 23.9 Å². The molecule has 1 N–H and O–H groups in total. The second-order valence-electron chi connectivity index (χ2n) is 6.50. The maximum absolute atomic E-state index is 12.9. The zero-order valence-corrected chi connectivity index (χ0v) is 14.9. The van der Waals surface area contributed by atoms with Gasteiger partial charge in [0.05, 0.1) is 11.2 Å². The lowest BCUT2D eigenvalue weighted by molar-refractivity contribution is -0.116. The molecule has 1 aromatic heterocycles. The van der Waals surface area contributed by atoms with E-state index in [1.165, 1.54) is 0 Å². The van der Waals surface area contributed by atoms with Crippen LogP contribution in [0.1, 0.15) is 23.5 Å². The van der Waals surface area contributed by atoms with Crippen LogP contribution in [-0.2, 0) is 4.79 Å². The molecule has 4 aromatic rings. The van der Waals surface area contributed by atoms with Crippen molar-refractivity contribution in [2.24, 2.45) is 0 Å². The number of fused-ring (bicyclic) bond motifs is 1. The van der Waals surface area contributed by atoms with Gasteiger partial charge in [-0.1, -0.05) is 66.7 Å².